The minimum atomic E-state index is 0.361. The monoisotopic (exact) mass is 270 g/mol. The Morgan fingerprint density at radius 3 is 2.93 bits per heavy atom. The standard InChI is InChI=1S/C11H11BrOS/c1-8-10(4-5-13-8)11(12)7-9-3-2-6-14-9/h2-6,11H,7H2,1H3. The molecule has 0 bridgehead atoms. The average molecular weight is 271 g/mol. The molecule has 1 unspecified atom stereocenters. The van der Waals surface area contributed by atoms with Crippen LogP contribution in [0.4, 0.5) is 0 Å². The Labute approximate surface area is 95.9 Å². The second-order valence-corrected chi connectivity index (χ2v) is 5.32. The van der Waals surface area contributed by atoms with Gasteiger partial charge in [-0.3, -0.25) is 0 Å². The molecule has 0 aliphatic heterocycles. The second kappa shape index (κ2) is 4.32. The Morgan fingerprint density at radius 2 is 2.36 bits per heavy atom. The third-order valence-electron chi connectivity index (χ3n) is 2.20. The zero-order chi connectivity index (χ0) is 9.97. The molecule has 2 aromatic rings. The van der Waals surface area contributed by atoms with Crippen molar-refractivity contribution >= 4 is 27.3 Å². The predicted molar refractivity (Wildman–Crippen MR) is 63.1 cm³/mol. The molecule has 0 radical (unpaired) electrons. The molecule has 0 spiro atoms. The summed E-state index contributed by atoms with van der Waals surface area (Å²) in [4.78, 5) is 1.76. The Morgan fingerprint density at radius 1 is 1.50 bits per heavy atom. The van der Waals surface area contributed by atoms with Gasteiger partial charge in [0.25, 0.3) is 0 Å². The van der Waals surface area contributed by atoms with Crippen molar-refractivity contribution < 1.29 is 4.42 Å². The van der Waals surface area contributed by atoms with Gasteiger partial charge in [0.05, 0.1) is 6.26 Å². The minimum Gasteiger partial charge on any atom is -0.469 e. The summed E-state index contributed by atoms with van der Waals surface area (Å²) in [6.45, 7) is 2.00. The molecule has 74 valence electrons. The van der Waals surface area contributed by atoms with E-state index in [4.69, 9.17) is 4.42 Å². The van der Waals surface area contributed by atoms with Crippen molar-refractivity contribution in [1.82, 2.24) is 0 Å². The first-order valence-electron chi connectivity index (χ1n) is 4.48. The van der Waals surface area contributed by atoms with Gasteiger partial charge in [-0.05, 0) is 30.9 Å². The molecule has 1 atom stereocenters. The van der Waals surface area contributed by atoms with Gasteiger partial charge in [0.15, 0.2) is 0 Å². The van der Waals surface area contributed by atoms with Crippen LogP contribution in [0.5, 0.6) is 0 Å². The molecule has 0 amide bonds. The fraction of sp³-hybridized carbons (Fsp3) is 0.273. The number of furan rings is 1. The van der Waals surface area contributed by atoms with Gasteiger partial charge in [0.2, 0.25) is 0 Å². The molecule has 0 aliphatic rings. The topological polar surface area (TPSA) is 13.1 Å². The fourth-order valence-electron chi connectivity index (χ4n) is 1.44. The molecule has 0 aromatic carbocycles. The van der Waals surface area contributed by atoms with Crippen molar-refractivity contribution in [2.24, 2.45) is 0 Å². The van der Waals surface area contributed by atoms with Crippen molar-refractivity contribution in [3.63, 3.8) is 0 Å². The van der Waals surface area contributed by atoms with E-state index in [1.165, 1.54) is 10.4 Å². The zero-order valence-electron chi connectivity index (χ0n) is 7.87. The van der Waals surface area contributed by atoms with Gasteiger partial charge in [-0.15, -0.1) is 11.3 Å². The first-order valence-corrected chi connectivity index (χ1v) is 6.27. The first-order chi connectivity index (χ1) is 6.77. The van der Waals surface area contributed by atoms with Crippen LogP contribution in [-0.2, 0) is 6.42 Å². The number of hydrogen-bond donors (Lipinski definition) is 0. The summed E-state index contributed by atoms with van der Waals surface area (Å²) in [5.41, 5.74) is 1.25. The van der Waals surface area contributed by atoms with Crippen LogP contribution in [0.25, 0.3) is 0 Å². The molecular formula is C11H11BrOS. The highest BCUT2D eigenvalue weighted by molar-refractivity contribution is 9.09. The summed E-state index contributed by atoms with van der Waals surface area (Å²) < 4.78 is 5.28. The molecule has 0 aliphatic carbocycles. The number of thiophene rings is 1. The Kier molecular flexibility index (Phi) is 3.08. The van der Waals surface area contributed by atoms with Gasteiger partial charge in [-0.25, -0.2) is 0 Å². The Balaban J connectivity index is 2.10. The molecule has 2 aromatic heterocycles. The summed E-state index contributed by atoms with van der Waals surface area (Å²) in [5, 5.41) is 2.11. The molecule has 3 heteroatoms. The lowest BCUT2D eigenvalue weighted by Gasteiger charge is -2.06. The lowest BCUT2D eigenvalue weighted by molar-refractivity contribution is 0.529. The largest absolute Gasteiger partial charge is 0.469 e. The van der Waals surface area contributed by atoms with E-state index in [2.05, 4.69) is 33.4 Å². The van der Waals surface area contributed by atoms with Crippen LogP contribution in [0.2, 0.25) is 0 Å². The van der Waals surface area contributed by atoms with Crippen LogP contribution < -0.4 is 0 Å². The van der Waals surface area contributed by atoms with Crippen LogP contribution in [0.1, 0.15) is 21.0 Å². The lowest BCUT2D eigenvalue weighted by Crippen LogP contribution is -1.93. The van der Waals surface area contributed by atoms with E-state index >= 15 is 0 Å². The molecule has 0 N–H and O–H groups in total. The van der Waals surface area contributed by atoms with Gasteiger partial charge in [-0.1, -0.05) is 22.0 Å². The summed E-state index contributed by atoms with van der Waals surface area (Å²) in [5.74, 6) is 1.00. The van der Waals surface area contributed by atoms with E-state index in [1.54, 1.807) is 17.6 Å². The van der Waals surface area contributed by atoms with Crippen molar-refractivity contribution in [1.29, 1.82) is 0 Å². The van der Waals surface area contributed by atoms with Crippen LogP contribution in [0.3, 0.4) is 0 Å². The molecule has 2 rings (SSSR count). The average Bonchev–Trinajstić information content (AvgIpc) is 2.75. The quantitative estimate of drug-likeness (QED) is 0.757. The number of rotatable bonds is 3. The lowest BCUT2D eigenvalue weighted by atomic mass is 10.1. The second-order valence-electron chi connectivity index (χ2n) is 3.18. The molecule has 2 heterocycles. The third-order valence-corrected chi connectivity index (χ3v) is 3.91. The summed E-state index contributed by atoms with van der Waals surface area (Å²) >= 11 is 5.48. The summed E-state index contributed by atoms with van der Waals surface area (Å²) in [6, 6.07) is 6.28. The smallest absolute Gasteiger partial charge is 0.105 e. The molecule has 0 saturated carbocycles. The predicted octanol–water partition coefficient (Wildman–Crippen LogP) is 4.33. The Hall–Kier alpha value is -0.540. The highest BCUT2D eigenvalue weighted by Gasteiger charge is 2.13. The van der Waals surface area contributed by atoms with E-state index < -0.39 is 0 Å². The summed E-state index contributed by atoms with van der Waals surface area (Å²) in [7, 11) is 0. The highest BCUT2D eigenvalue weighted by atomic mass is 79.9. The van der Waals surface area contributed by atoms with Crippen LogP contribution in [0.15, 0.2) is 34.3 Å². The number of hydrogen-bond acceptors (Lipinski definition) is 2. The van der Waals surface area contributed by atoms with E-state index in [9.17, 15) is 0 Å². The van der Waals surface area contributed by atoms with E-state index in [0.717, 1.165) is 12.2 Å². The van der Waals surface area contributed by atoms with E-state index in [1.807, 2.05) is 13.0 Å². The van der Waals surface area contributed by atoms with Crippen LogP contribution in [0, 0.1) is 6.92 Å². The van der Waals surface area contributed by atoms with Crippen LogP contribution >= 0.6 is 27.3 Å². The first kappa shape index (κ1) is 9.99. The number of halogens is 1. The fourth-order valence-corrected chi connectivity index (χ4v) is 3.23. The maximum atomic E-state index is 5.28. The third kappa shape index (κ3) is 2.10. The summed E-state index contributed by atoms with van der Waals surface area (Å²) in [6.07, 6.45) is 2.77. The minimum absolute atomic E-state index is 0.361. The molecule has 14 heavy (non-hydrogen) atoms. The van der Waals surface area contributed by atoms with Gasteiger partial charge >= 0.3 is 0 Å². The van der Waals surface area contributed by atoms with Gasteiger partial charge in [-0.2, -0.15) is 0 Å². The Bertz CT molecular complexity index is 391. The molecule has 0 saturated heterocycles. The molecule has 0 fully saturated rings. The zero-order valence-corrected chi connectivity index (χ0v) is 10.3. The molecular weight excluding hydrogens is 260 g/mol. The van der Waals surface area contributed by atoms with E-state index in [0.29, 0.717) is 4.83 Å². The van der Waals surface area contributed by atoms with Crippen molar-refractivity contribution in [3.05, 3.63) is 46.0 Å². The number of aryl methyl sites for hydroxylation is 1. The SMILES string of the molecule is Cc1occc1C(Br)Cc1cccs1. The highest BCUT2D eigenvalue weighted by Crippen LogP contribution is 2.31. The van der Waals surface area contributed by atoms with Crippen molar-refractivity contribution in [2.45, 2.75) is 18.2 Å². The van der Waals surface area contributed by atoms with Gasteiger partial charge in [0.1, 0.15) is 5.76 Å². The molecule has 1 nitrogen and oxygen atoms in total. The normalized spacial score (nSPS) is 13.0. The van der Waals surface area contributed by atoms with Crippen LogP contribution in [-0.4, -0.2) is 0 Å². The van der Waals surface area contributed by atoms with Crippen molar-refractivity contribution in [2.75, 3.05) is 0 Å². The van der Waals surface area contributed by atoms with E-state index in [-0.39, 0.29) is 0 Å². The maximum Gasteiger partial charge on any atom is 0.105 e. The number of alkyl halides is 1. The van der Waals surface area contributed by atoms with Gasteiger partial charge in [0, 0.05) is 15.3 Å². The maximum absolute atomic E-state index is 5.28. The van der Waals surface area contributed by atoms with Gasteiger partial charge < -0.3 is 4.42 Å². The van der Waals surface area contributed by atoms with Crippen molar-refractivity contribution in [3.8, 4) is 0 Å².